The summed E-state index contributed by atoms with van der Waals surface area (Å²) in [6.45, 7) is 6.13. The minimum Gasteiger partial charge on any atom is -0.454 e. The van der Waals surface area contributed by atoms with Crippen LogP contribution in [-0.2, 0) is 4.79 Å². The zero-order valence-electron chi connectivity index (χ0n) is 13.5. The first-order valence-electron chi connectivity index (χ1n) is 7.56. The summed E-state index contributed by atoms with van der Waals surface area (Å²) in [6.07, 6.45) is 0. The Hall–Kier alpha value is -2.69. The number of amides is 1. The molecule has 5 heteroatoms. The Bertz CT molecular complexity index is 723. The Morgan fingerprint density at radius 1 is 1.00 bits per heavy atom. The van der Waals surface area contributed by atoms with Crippen LogP contribution in [0.1, 0.15) is 18.1 Å². The molecule has 0 aliphatic carbocycles. The van der Waals surface area contributed by atoms with E-state index in [1.54, 1.807) is 18.2 Å². The fourth-order valence-electron chi connectivity index (χ4n) is 2.60. The van der Waals surface area contributed by atoms with Crippen LogP contribution in [0, 0.1) is 13.8 Å². The van der Waals surface area contributed by atoms with Crippen LogP contribution in [0.3, 0.4) is 0 Å². The van der Waals surface area contributed by atoms with E-state index < -0.39 is 0 Å². The Morgan fingerprint density at radius 2 is 1.70 bits per heavy atom. The zero-order chi connectivity index (χ0) is 16.4. The van der Waals surface area contributed by atoms with Gasteiger partial charge in [0.15, 0.2) is 11.5 Å². The van der Waals surface area contributed by atoms with Gasteiger partial charge < -0.3 is 20.1 Å². The standard InChI is InChI=1S/C18H20N2O3/c1-11-6-12(2)8-15(7-11)19-13(3)18(21)20-14-4-5-16-17(9-14)23-10-22-16/h4-9,13,19H,10H2,1-3H3,(H,20,21)/t13-/m0/s1. The van der Waals surface area contributed by atoms with Crippen LogP contribution in [0.15, 0.2) is 36.4 Å². The van der Waals surface area contributed by atoms with Gasteiger partial charge in [0.2, 0.25) is 12.7 Å². The summed E-state index contributed by atoms with van der Waals surface area (Å²) in [5, 5.41) is 6.11. The fraction of sp³-hybridized carbons (Fsp3) is 0.278. The minimum absolute atomic E-state index is 0.108. The van der Waals surface area contributed by atoms with Gasteiger partial charge in [-0.05, 0) is 56.2 Å². The van der Waals surface area contributed by atoms with Crippen LogP contribution in [0.2, 0.25) is 0 Å². The highest BCUT2D eigenvalue weighted by Gasteiger charge is 2.17. The summed E-state index contributed by atoms with van der Waals surface area (Å²) >= 11 is 0. The highest BCUT2D eigenvalue weighted by Crippen LogP contribution is 2.34. The monoisotopic (exact) mass is 312 g/mol. The van der Waals surface area contributed by atoms with E-state index in [4.69, 9.17) is 9.47 Å². The topological polar surface area (TPSA) is 59.6 Å². The molecule has 0 saturated heterocycles. The highest BCUT2D eigenvalue weighted by molar-refractivity contribution is 5.96. The Morgan fingerprint density at radius 3 is 2.43 bits per heavy atom. The number of carbonyl (C=O) groups excluding carboxylic acids is 1. The van der Waals surface area contributed by atoms with Crippen molar-refractivity contribution in [2.75, 3.05) is 17.4 Å². The summed E-state index contributed by atoms with van der Waals surface area (Å²) in [6, 6.07) is 11.2. The van der Waals surface area contributed by atoms with E-state index in [-0.39, 0.29) is 18.7 Å². The predicted octanol–water partition coefficient (Wildman–Crippen LogP) is 3.47. The maximum absolute atomic E-state index is 12.3. The number of carbonyl (C=O) groups is 1. The summed E-state index contributed by atoms with van der Waals surface area (Å²) in [5.74, 6) is 1.24. The molecule has 2 aromatic carbocycles. The SMILES string of the molecule is Cc1cc(C)cc(N[C@@H](C)C(=O)Nc2ccc3c(c2)OCO3)c1. The summed E-state index contributed by atoms with van der Waals surface area (Å²) in [5.41, 5.74) is 3.95. The van der Waals surface area contributed by atoms with Gasteiger partial charge in [-0.1, -0.05) is 6.07 Å². The third-order valence-electron chi connectivity index (χ3n) is 3.64. The van der Waals surface area contributed by atoms with Crippen molar-refractivity contribution in [1.29, 1.82) is 0 Å². The largest absolute Gasteiger partial charge is 0.454 e. The second kappa shape index (κ2) is 6.20. The molecule has 2 N–H and O–H groups in total. The molecule has 1 aliphatic rings. The van der Waals surface area contributed by atoms with E-state index in [9.17, 15) is 4.79 Å². The number of anilines is 2. The molecule has 0 saturated carbocycles. The van der Waals surface area contributed by atoms with E-state index in [1.807, 2.05) is 32.9 Å². The summed E-state index contributed by atoms with van der Waals surface area (Å²) < 4.78 is 10.6. The van der Waals surface area contributed by atoms with Gasteiger partial charge in [-0.25, -0.2) is 0 Å². The third kappa shape index (κ3) is 3.56. The third-order valence-corrected chi connectivity index (χ3v) is 3.64. The van der Waals surface area contributed by atoms with Crippen molar-refractivity contribution in [3.63, 3.8) is 0 Å². The molecule has 0 aromatic heterocycles. The lowest BCUT2D eigenvalue weighted by Crippen LogP contribution is -2.31. The number of benzene rings is 2. The number of fused-ring (bicyclic) bond motifs is 1. The number of hydrogen-bond acceptors (Lipinski definition) is 4. The van der Waals surface area contributed by atoms with E-state index in [1.165, 1.54) is 0 Å². The molecule has 2 aromatic rings. The lowest BCUT2D eigenvalue weighted by atomic mass is 10.1. The molecular formula is C18H20N2O3. The van der Waals surface area contributed by atoms with E-state index in [0.717, 1.165) is 16.8 Å². The molecule has 0 bridgehead atoms. The normalized spacial score (nSPS) is 13.5. The van der Waals surface area contributed by atoms with E-state index in [2.05, 4.69) is 16.7 Å². The molecule has 0 radical (unpaired) electrons. The first-order valence-corrected chi connectivity index (χ1v) is 7.56. The van der Waals surface area contributed by atoms with Gasteiger partial charge in [0.05, 0.1) is 0 Å². The lowest BCUT2D eigenvalue weighted by Gasteiger charge is -2.16. The highest BCUT2D eigenvalue weighted by atomic mass is 16.7. The van der Waals surface area contributed by atoms with Crippen molar-refractivity contribution in [2.45, 2.75) is 26.8 Å². The van der Waals surface area contributed by atoms with Crippen LogP contribution in [0.5, 0.6) is 11.5 Å². The average molecular weight is 312 g/mol. The maximum atomic E-state index is 12.3. The van der Waals surface area contributed by atoms with Crippen LogP contribution in [-0.4, -0.2) is 18.7 Å². The first kappa shape index (κ1) is 15.2. The maximum Gasteiger partial charge on any atom is 0.246 e. The van der Waals surface area contributed by atoms with Gasteiger partial charge >= 0.3 is 0 Å². The number of ether oxygens (including phenoxy) is 2. The van der Waals surface area contributed by atoms with Gasteiger partial charge in [-0.2, -0.15) is 0 Å². The molecule has 120 valence electrons. The minimum atomic E-state index is -0.360. The molecule has 1 atom stereocenters. The molecule has 3 rings (SSSR count). The Labute approximate surface area is 135 Å². The fourth-order valence-corrected chi connectivity index (χ4v) is 2.60. The molecule has 1 aliphatic heterocycles. The van der Waals surface area contributed by atoms with Gasteiger partial charge in [0.1, 0.15) is 6.04 Å². The van der Waals surface area contributed by atoms with Crippen molar-refractivity contribution >= 4 is 17.3 Å². The second-order valence-electron chi connectivity index (χ2n) is 5.80. The van der Waals surface area contributed by atoms with E-state index >= 15 is 0 Å². The van der Waals surface area contributed by atoms with Crippen LogP contribution < -0.4 is 20.1 Å². The molecule has 0 spiro atoms. The Balaban J connectivity index is 1.65. The van der Waals surface area contributed by atoms with E-state index in [0.29, 0.717) is 17.2 Å². The number of rotatable bonds is 4. The van der Waals surface area contributed by atoms with Crippen LogP contribution in [0.4, 0.5) is 11.4 Å². The molecule has 23 heavy (non-hydrogen) atoms. The average Bonchev–Trinajstić information content (AvgIpc) is 2.93. The predicted molar refractivity (Wildman–Crippen MR) is 90.2 cm³/mol. The second-order valence-corrected chi connectivity index (χ2v) is 5.80. The van der Waals surface area contributed by atoms with Gasteiger partial charge in [0.25, 0.3) is 0 Å². The van der Waals surface area contributed by atoms with Crippen molar-refractivity contribution in [1.82, 2.24) is 0 Å². The van der Waals surface area contributed by atoms with Gasteiger partial charge in [-0.15, -0.1) is 0 Å². The first-order chi connectivity index (χ1) is 11.0. The van der Waals surface area contributed by atoms with Gasteiger partial charge in [0, 0.05) is 17.4 Å². The van der Waals surface area contributed by atoms with Crippen molar-refractivity contribution in [2.24, 2.45) is 0 Å². The molecule has 1 amide bonds. The molecule has 1 heterocycles. The van der Waals surface area contributed by atoms with Gasteiger partial charge in [-0.3, -0.25) is 4.79 Å². The molecule has 0 unspecified atom stereocenters. The molecular weight excluding hydrogens is 292 g/mol. The molecule has 5 nitrogen and oxygen atoms in total. The smallest absolute Gasteiger partial charge is 0.246 e. The van der Waals surface area contributed by atoms with Crippen molar-refractivity contribution in [3.8, 4) is 11.5 Å². The van der Waals surface area contributed by atoms with Crippen molar-refractivity contribution in [3.05, 3.63) is 47.5 Å². The number of nitrogens with one attached hydrogen (secondary N) is 2. The molecule has 0 fully saturated rings. The summed E-state index contributed by atoms with van der Waals surface area (Å²) in [4.78, 5) is 12.3. The zero-order valence-corrected chi connectivity index (χ0v) is 13.5. The number of aryl methyl sites for hydroxylation is 2. The van der Waals surface area contributed by atoms with Crippen LogP contribution in [0.25, 0.3) is 0 Å². The quantitative estimate of drug-likeness (QED) is 0.907. The van der Waals surface area contributed by atoms with Crippen molar-refractivity contribution < 1.29 is 14.3 Å². The summed E-state index contributed by atoms with van der Waals surface area (Å²) in [7, 11) is 0. The Kier molecular flexibility index (Phi) is 4.10. The van der Waals surface area contributed by atoms with Crippen LogP contribution >= 0.6 is 0 Å². The lowest BCUT2D eigenvalue weighted by molar-refractivity contribution is -0.116. The number of hydrogen-bond donors (Lipinski definition) is 2.